The van der Waals surface area contributed by atoms with E-state index in [0.717, 1.165) is 23.1 Å². The van der Waals surface area contributed by atoms with Gasteiger partial charge in [-0.1, -0.05) is 41.0 Å². The highest BCUT2D eigenvalue weighted by Crippen LogP contribution is 2.34. The predicted octanol–water partition coefficient (Wildman–Crippen LogP) is 5.29. The van der Waals surface area contributed by atoms with Crippen LogP contribution in [0.25, 0.3) is 0 Å². The number of carbonyl (C=O) groups excluding carboxylic acids is 3. The number of rotatable bonds is 12. The van der Waals surface area contributed by atoms with Gasteiger partial charge >= 0.3 is 5.97 Å². The van der Waals surface area contributed by atoms with Crippen molar-refractivity contribution in [2.45, 2.75) is 38.6 Å². The number of esters is 1. The highest BCUT2D eigenvalue weighted by Gasteiger charge is 2.26. The Hall–Kier alpha value is -3.06. The zero-order valence-electron chi connectivity index (χ0n) is 20.7. The maximum Gasteiger partial charge on any atom is 0.341 e. The number of carbonyl (C=O) groups is 3. The molecule has 2 amide bonds. The van der Waals surface area contributed by atoms with Crippen molar-refractivity contribution in [3.63, 3.8) is 0 Å². The van der Waals surface area contributed by atoms with Crippen LogP contribution in [0.5, 0.6) is 5.75 Å². The SMILES string of the molecule is C=CCn1c(SCC(=O)Nc2sc(C(N)=O)c(C)c2C(=O)OCC)nnc1C(C)Oc1ccc(Cl)cc1Cl. The smallest absolute Gasteiger partial charge is 0.341 e. The third-order valence-corrected chi connectivity index (χ3v) is 7.77. The van der Waals surface area contributed by atoms with Gasteiger partial charge < -0.3 is 20.5 Å². The molecule has 202 valence electrons. The first-order valence-electron chi connectivity index (χ1n) is 11.3. The van der Waals surface area contributed by atoms with Crippen LogP contribution in [0.1, 0.15) is 51.4 Å². The highest BCUT2D eigenvalue weighted by atomic mass is 35.5. The Kier molecular flexibility index (Phi) is 10.2. The zero-order chi connectivity index (χ0) is 28.0. The quantitative estimate of drug-likeness (QED) is 0.163. The van der Waals surface area contributed by atoms with Gasteiger partial charge in [0.2, 0.25) is 5.91 Å². The lowest BCUT2D eigenvalue weighted by Crippen LogP contribution is -2.17. The summed E-state index contributed by atoms with van der Waals surface area (Å²) in [5.74, 6) is -0.896. The Balaban J connectivity index is 1.75. The number of ether oxygens (including phenoxy) is 2. The Morgan fingerprint density at radius 2 is 2.05 bits per heavy atom. The lowest BCUT2D eigenvalue weighted by atomic mass is 10.1. The number of nitrogens with zero attached hydrogens (tertiary/aromatic N) is 3. The monoisotopic (exact) mass is 597 g/mol. The van der Waals surface area contributed by atoms with E-state index in [2.05, 4.69) is 22.1 Å². The molecule has 3 N–H and O–H groups in total. The Morgan fingerprint density at radius 1 is 1.32 bits per heavy atom. The van der Waals surface area contributed by atoms with Crippen LogP contribution in [0.3, 0.4) is 0 Å². The van der Waals surface area contributed by atoms with Gasteiger partial charge in [0.25, 0.3) is 5.91 Å². The van der Waals surface area contributed by atoms with Gasteiger partial charge in [-0.25, -0.2) is 4.79 Å². The van der Waals surface area contributed by atoms with Gasteiger partial charge in [0.1, 0.15) is 10.8 Å². The van der Waals surface area contributed by atoms with Crippen LogP contribution >= 0.6 is 46.3 Å². The summed E-state index contributed by atoms with van der Waals surface area (Å²) in [5, 5.41) is 12.6. The van der Waals surface area contributed by atoms with Gasteiger partial charge in [-0.05, 0) is 44.5 Å². The van der Waals surface area contributed by atoms with Crippen molar-refractivity contribution in [1.29, 1.82) is 0 Å². The number of primary amides is 1. The second-order valence-corrected chi connectivity index (χ2v) is 10.6. The van der Waals surface area contributed by atoms with Crippen LogP contribution in [0.2, 0.25) is 10.0 Å². The topological polar surface area (TPSA) is 138 Å². The Labute approximate surface area is 237 Å². The number of thiophene rings is 1. The van der Waals surface area contributed by atoms with E-state index >= 15 is 0 Å². The van der Waals surface area contributed by atoms with Gasteiger partial charge in [-0.3, -0.25) is 14.2 Å². The fraction of sp³-hybridized carbons (Fsp3) is 0.292. The van der Waals surface area contributed by atoms with Crippen LogP contribution in [0, 0.1) is 6.92 Å². The van der Waals surface area contributed by atoms with E-state index in [9.17, 15) is 14.4 Å². The normalized spacial score (nSPS) is 11.6. The van der Waals surface area contributed by atoms with Crippen molar-refractivity contribution in [2.75, 3.05) is 17.7 Å². The number of anilines is 1. The summed E-state index contributed by atoms with van der Waals surface area (Å²) in [6, 6.07) is 4.91. The van der Waals surface area contributed by atoms with Gasteiger partial charge in [-0.2, -0.15) is 0 Å². The van der Waals surface area contributed by atoms with Gasteiger partial charge in [0, 0.05) is 11.6 Å². The van der Waals surface area contributed by atoms with Gasteiger partial charge in [0.15, 0.2) is 17.1 Å². The molecule has 0 fully saturated rings. The summed E-state index contributed by atoms with van der Waals surface area (Å²) in [6.07, 6.45) is 1.14. The lowest BCUT2D eigenvalue weighted by molar-refractivity contribution is -0.113. The molecule has 2 aromatic heterocycles. The minimum absolute atomic E-state index is 0.0569. The number of amides is 2. The third-order valence-electron chi connectivity index (χ3n) is 5.05. The maximum atomic E-state index is 12.8. The number of nitrogens with one attached hydrogen (secondary N) is 1. The van der Waals surface area contributed by atoms with Crippen LogP contribution < -0.4 is 15.8 Å². The summed E-state index contributed by atoms with van der Waals surface area (Å²) in [6.45, 7) is 9.31. The largest absolute Gasteiger partial charge is 0.481 e. The van der Waals surface area contributed by atoms with Gasteiger partial charge in [-0.15, -0.1) is 28.1 Å². The molecule has 0 spiro atoms. The van der Waals surface area contributed by atoms with Crippen molar-refractivity contribution in [3.05, 3.63) is 62.7 Å². The molecule has 0 aliphatic carbocycles. The van der Waals surface area contributed by atoms with Crippen LogP contribution in [0.15, 0.2) is 36.0 Å². The summed E-state index contributed by atoms with van der Waals surface area (Å²) in [4.78, 5) is 37.2. The third kappa shape index (κ3) is 6.87. The molecule has 1 atom stereocenters. The van der Waals surface area contributed by atoms with Crippen molar-refractivity contribution >= 4 is 69.1 Å². The number of allylic oxidation sites excluding steroid dienone is 1. The molecule has 0 bridgehead atoms. The number of hydrogen-bond donors (Lipinski definition) is 2. The fourth-order valence-corrected chi connectivity index (χ4v) is 5.67. The van der Waals surface area contributed by atoms with Crippen LogP contribution in [-0.4, -0.2) is 44.9 Å². The minimum atomic E-state index is -0.700. The summed E-state index contributed by atoms with van der Waals surface area (Å²) in [5.41, 5.74) is 5.88. The first-order chi connectivity index (χ1) is 18.1. The van der Waals surface area contributed by atoms with Crippen LogP contribution in [0.4, 0.5) is 5.00 Å². The molecular formula is C24H25Cl2N5O5S2. The molecule has 1 unspecified atom stereocenters. The molecule has 0 aliphatic rings. The average molecular weight is 599 g/mol. The van der Waals surface area contributed by atoms with E-state index in [-0.39, 0.29) is 27.8 Å². The average Bonchev–Trinajstić information content (AvgIpc) is 3.40. The lowest BCUT2D eigenvalue weighted by Gasteiger charge is -2.16. The molecule has 14 heteroatoms. The number of halogens is 2. The van der Waals surface area contributed by atoms with Gasteiger partial charge in [0.05, 0.1) is 27.8 Å². The molecule has 38 heavy (non-hydrogen) atoms. The molecule has 0 radical (unpaired) electrons. The van der Waals surface area contributed by atoms with Crippen molar-refractivity contribution < 1.29 is 23.9 Å². The molecular weight excluding hydrogens is 573 g/mol. The van der Waals surface area contributed by atoms with E-state index < -0.39 is 23.9 Å². The molecule has 0 saturated carbocycles. The maximum absolute atomic E-state index is 12.8. The predicted molar refractivity (Wildman–Crippen MR) is 149 cm³/mol. The summed E-state index contributed by atoms with van der Waals surface area (Å²) < 4.78 is 12.8. The van der Waals surface area contributed by atoms with E-state index in [1.54, 1.807) is 49.6 Å². The zero-order valence-corrected chi connectivity index (χ0v) is 23.9. The minimum Gasteiger partial charge on any atom is -0.481 e. The number of hydrogen-bond acceptors (Lipinski definition) is 9. The van der Waals surface area contributed by atoms with Crippen molar-refractivity contribution in [1.82, 2.24) is 14.8 Å². The summed E-state index contributed by atoms with van der Waals surface area (Å²) >= 11 is 14.2. The van der Waals surface area contributed by atoms with E-state index in [1.165, 1.54) is 0 Å². The fourth-order valence-electron chi connectivity index (χ4n) is 3.40. The first-order valence-corrected chi connectivity index (χ1v) is 13.8. The second-order valence-electron chi connectivity index (χ2n) is 7.76. The molecule has 3 aromatic rings. The number of nitrogens with two attached hydrogens (primary N) is 1. The van der Waals surface area contributed by atoms with E-state index in [4.69, 9.17) is 38.4 Å². The number of aromatic nitrogens is 3. The van der Waals surface area contributed by atoms with E-state index in [1.807, 2.05) is 0 Å². The molecule has 2 heterocycles. The molecule has 3 rings (SSSR count). The number of thioether (sulfide) groups is 1. The Morgan fingerprint density at radius 3 is 2.68 bits per heavy atom. The van der Waals surface area contributed by atoms with Crippen molar-refractivity contribution in [3.8, 4) is 5.75 Å². The first kappa shape index (κ1) is 29.5. The molecule has 1 aromatic carbocycles. The molecule has 10 nitrogen and oxygen atoms in total. The standard InChI is InChI=1S/C24H25Cl2N5O5S2/c1-5-9-31-21(13(4)36-16-8-7-14(25)10-15(16)26)29-30-24(31)37-11-17(32)28-22-18(23(34)35-6-2)12(3)19(38-22)20(27)33/h5,7-8,10,13H,1,6,9,11H2,2-4H3,(H2,27,33)(H,28,32). The van der Waals surface area contributed by atoms with E-state index in [0.29, 0.717) is 38.9 Å². The van der Waals surface area contributed by atoms with Crippen LogP contribution in [-0.2, 0) is 16.1 Å². The highest BCUT2D eigenvalue weighted by molar-refractivity contribution is 7.99. The Bertz CT molecular complexity index is 1370. The number of benzene rings is 1. The van der Waals surface area contributed by atoms with Crippen molar-refractivity contribution in [2.24, 2.45) is 5.73 Å². The second kappa shape index (κ2) is 13.1. The molecule has 0 saturated heterocycles. The molecule has 0 aliphatic heterocycles. The summed E-state index contributed by atoms with van der Waals surface area (Å²) in [7, 11) is 0.